The second-order valence-electron chi connectivity index (χ2n) is 3.33. The van der Waals surface area contributed by atoms with Crippen LogP contribution in [0.4, 0.5) is 0 Å². The lowest BCUT2D eigenvalue weighted by atomic mass is 10.1. The first kappa shape index (κ1) is 8.16. The van der Waals surface area contributed by atoms with Gasteiger partial charge in [0.1, 0.15) is 0 Å². The Bertz CT molecular complexity index is 518. The predicted molar refractivity (Wildman–Crippen MR) is 53.0 cm³/mol. The van der Waals surface area contributed by atoms with Crippen molar-refractivity contribution in [3.8, 4) is 11.3 Å². The SMILES string of the molecule is O=C1NCc2nccc(-c3ccn[nH]3)c21. The van der Waals surface area contributed by atoms with E-state index in [1.807, 2.05) is 12.1 Å². The summed E-state index contributed by atoms with van der Waals surface area (Å²) >= 11 is 0. The fraction of sp³-hybridized carbons (Fsp3) is 0.100. The average molecular weight is 200 g/mol. The van der Waals surface area contributed by atoms with Crippen molar-refractivity contribution in [1.82, 2.24) is 20.5 Å². The van der Waals surface area contributed by atoms with Crippen LogP contribution in [-0.2, 0) is 6.54 Å². The van der Waals surface area contributed by atoms with Gasteiger partial charge < -0.3 is 5.32 Å². The van der Waals surface area contributed by atoms with E-state index < -0.39 is 0 Å². The molecule has 3 heterocycles. The van der Waals surface area contributed by atoms with Crippen molar-refractivity contribution in [3.63, 3.8) is 0 Å². The first-order valence-corrected chi connectivity index (χ1v) is 4.62. The van der Waals surface area contributed by atoms with Gasteiger partial charge in [-0.15, -0.1) is 0 Å². The highest BCUT2D eigenvalue weighted by molar-refractivity contribution is 6.03. The number of carbonyl (C=O) groups is 1. The fourth-order valence-electron chi connectivity index (χ4n) is 1.78. The predicted octanol–water partition coefficient (Wildman–Crippen LogP) is 0.715. The minimum absolute atomic E-state index is 0.0669. The van der Waals surface area contributed by atoms with Gasteiger partial charge >= 0.3 is 0 Å². The van der Waals surface area contributed by atoms with E-state index in [0.29, 0.717) is 12.1 Å². The lowest BCUT2D eigenvalue weighted by Crippen LogP contribution is -2.13. The molecule has 0 radical (unpaired) electrons. The maximum Gasteiger partial charge on any atom is 0.254 e. The largest absolute Gasteiger partial charge is 0.346 e. The zero-order valence-corrected chi connectivity index (χ0v) is 7.82. The lowest BCUT2D eigenvalue weighted by Gasteiger charge is -2.02. The van der Waals surface area contributed by atoms with Crippen LogP contribution in [0.3, 0.4) is 0 Å². The molecule has 0 atom stereocenters. The molecule has 0 saturated carbocycles. The number of hydrogen-bond acceptors (Lipinski definition) is 3. The Labute approximate surface area is 85.5 Å². The van der Waals surface area contributed by atoms with Crippen LogP contribution in [0.15, 0.2) is 24.5 Å². The van der Waals surface area contributed by atoms with E-state index in [4.69, 9.17) is 0 Å². The molecule has 0 aromatic carbocycles. The standard InChI is InChI=1S/C10H8N4O/c15-10-9-6(7-2-4-13-14-7)1-3-11-8(9)5-12-10/h1-4H,5H2,(H,12,15)(H,13,14). The summed E-state index contributed by atoms with van der Waals surface area (Å²) in [7, 11) is 0. The van der Waals surface area contributed by atoms with Crippen molar-refractivity contribution in [2.75, 3.05) is 0 Å². The van der Waals surface area contributed by atoms with Crippen molar-refractivity contribution in [2.24, 2.45) is 0 Å². The van der Waals surface area contributed by atoms with Gasteiger partial charge in [-0.3, -0.25) is 14.9 Å². The third-order valence-corrected chi connectivity index (χ3v) is 2.46. The minimum atomic E-state index is -0.0669. The number of hydrogen-bond donors (Lipinski definition) is 2. The molecule has 15 heavy (non-hydrogen) atoms. The monoisotopic (exact) mass is 200 g/mol. The van der Waals surface area contributed by atoms with E-state index in [0.717, 1.165) is 17.0 Å². The molecule has 3 rings (SSSR count). The van der Waals surface area contributed by atoms with E-state index in [2.05, 4.69) is 20.5 Å². The van der Waals surface area contributed by atoms with Gasteiger partial charge in [-0.25, -0.2) is 0 Å². The summed E-state index contributed by atoms with van der Waals surface area (Å²) < 4.78 is 0. The second kappa shape index (κ2) is 2.91. The highest BCUT2D eigenvalue weighted by Gasteiger charge is 2.24. The van der Waals surface area contributed by atoms with Crippen molar-refractivity contribution in [1.29, 1.82) is 0 Å². The Kier molecular flexibility index (Phi) is 1.58. The van der Waals surface area contributed by atoms with E-state index in [9.17, 15) is 4.79 Å². The number of nitrogens with one attached hydrogen (secondary N) is 2. The summed E-state index contributed by atoms with van der Waals surface area (Å²) in [6.45, 7) is 0.510. The highest BCUT2D eigenvalue weighted by Crippen LogP contribution is 2.25. The van der Waals surface area contributed by atoms with E-state index in [-0.39, 0.29) is 5.91 Å². The summed E-state index contributed by atoms with van der Waals surface area (Å²) in [5.74, 6) is -0.0669. The molecule has 2 aromatic heterocycles. The number of fused-ring (bicyclic) bond motifs is 1. The maximum atomic E-state index is 11.6. The molecule has 0 bridgehead atoms. The molecule has 5 heteroatoms. The summed E-state index contributed by atoms with van der Waals surface area (Å²) in [6.07, 6.45) is 3.37. The lowest BCUT2D eigenvalue weighted by molar-refractivity contribution is 0.0966. The molecule has 1 aliphatic heterocycles. The van der Waals surface area contributed by atoms with Crippen LogP contribution in [-0.4, -0.2) is 21.1 Å². The van der Waals surface area contributed by atoms with Crippen LogP contribution in [0.5, 0.6) is 0 Å². The number of aromatic amines is 1. The van der Waals surface area contributed by atoms with Gasteiger partial charge in [0.05, 0.1) is 23.5 Å². The Morgan fingerprint density at radius 3 is 3.00 bits per heavy atom. The summed E-state index contributed by atoms with van der Waals surface area (Å²) in [5.41, 5.74) is 3.15. The van der Waals surface area contributed by atoms with Gasteiger partial charge in [-0.1, -0.05) is 0 Å². The van der Waals surface area contributed by atoms with Gasteiger partial charge in [-0.05, 0) is 12.1 Å². The normalized spacial score (nSPS) is 13.7. The second-order valence-corrected chi connectivity index (χ2v) is 3.33. The van der Waals surface area contributed by atoms with Gasteiger partial charge in [0.15, 0.2) is 0 Å². The topological polar surface area (TPSA) is 70.7 Å². The summed E-state index contributed by atoms with van der Waals surface area (Å²) in [4.78, 5) is 15.8. The number of H-pyrrole nitrogens is 1. The fourth-order valence-corrected chi connectivity index (χ4v) is 1.78. The van der Waals surface area contributed by atoms with Crippen LogP contribution >= 0.6 is 0 Å². The first-order valence-electron chi connectivity index (χ1n) is 4.62. The van der Waals surface area contributed by atoms with Crippen LogP contribution < -0.4 is 5.32 Å². The number of carbonyl (C=O) groups excluding carboxylic acids is 1. The van der Waals surface area contributed by atoms with E-state index in [1.54, 1.807) is 12.4 Å². The molecule has 2 aromatic rings. The smallest absolute Gasteiger partial charge is 0.254 e. The Morgan fingerprint density at radius 2 is 2.20 bits per heavy atom. The minimum Gasteiger partial charge on any atom is -0.346 e. The molecule has 2 N–H and O–H groups in total. The summed E-state index contributed by atoms with van der Waals surface area (Å²) in [6, 6.07) is 3.65. The molecular formula is C10H8N4O. The Morgan fingerprint density at radius 1 is 1.27 bits per heavy atom. The third kappa shape index (κ3) is 1.13. The van der Waals surface area contributed by atoms with Gasteiger partial charge in [0.25, 0.3) is 5.91 Å². The number of rotatable bonds is 1. The van der Waals surface area contributed by atoms with Gasteiger partial charge in [-0.2, -0.15) is 5.10 Å². The molecule has 0 saturated heterocycles. The average Bonchev–Trinajstić information content (AvgIpc) is 2.88. The molecule has 0 aliphatic carbocycles. The van der Waals surface area contributed by atoms with Crippen molar-refractivity contribution in [2.45, 2.75) is 6.54 Å². The van der Waals surface area contributed by atoms with Gasteiger partial charge in [0.2, 0.25) is 0 Å². The van der Waals surface area contributed by atoms with Crippen LogP contribution in [0.2, 0.25) is 0 Å². The zero-order valence-electron chi connectivity index (χ0n) is 7.82. The number of amides is 1. The zero-order chi connectivity index (χ0) is 10.3. The molecule has 0 spiro atoms. The number of pyridine rings is 1. The van der Waals surface area contributed by atoms with Crippen LogP contribution in [0.1, 0.15) is 16.1 Å². The Balaban J connectivity index is 2.26. The number of nitrogens with zero attached hydrogens (tertiary/aromatic N) is 2. The van der Waals surface area contributed by atoms with Crippen molar-refractivity contribution >= 4 is 5.91 Å². The quantitative estimate of drug-likeness (QED) is 0.712. The van der Waals surface area contributed by atoms with Crippen molar-refractivity contribution in [3.05, 3.63) is 35.8 Å². The molecule has 5 nitrogen and oxygen atoms in total. The molecular weight excluding hydrogens is 192 g/mol. The van der Waals surface area contributed by atoms with E-state index >= 15 is 0 Å². The molecule has 1 aliphatic rings. The molecule has 0 unspecified atom stereocenters. The summed E-state index contributed by atoms with van der Waals surface area (Å²) in [5, 5.41) is 9.47. The highest BCUT2D eigenvalue weighted by atomic mass is 16.1. The first-order chi connectivity index (χ1) is 7.36. The molecule has 0 fully saturated rings. The van der Waals surface area contributed by atoms with Gasteiger partial charge in [0, 0.05) is 18.0 Å². The third-order valence-electron chi connectivity index (χ3n) is 2.46. The van der Waals surface area contributed by atoms with Crippen molar-refractivity contribution < 1.29 is 4.79 Å². The van der Waals surface area contributed by atoms with Crippen LogP contribution in [0.25, 0.3) is 11.3 Å². The Hall–Kier alpha value is -2.17. The molecule has 1 amide bonds. The van der Waals surface area contributed by atoms with E-state index in [1.165, 1.54) is 0 Å². The molecule has 74 valence electrons. The van der Waals surface area contributed by atoms with Crippen LogP contribution in [0, 0.1) is 0 Å². The number of aromatic nitrogens is 3. The maximum absolute atomic E-state index is 11.6.